The standard InChI is InChI=1S/C16H19N3O3/c20-8-7-19(10-12-4-2-1-3-5-12)16(21)15-13-11-22-9-6-14(13)17-18-15/h1-5,20H,6-11H2,(H,17,18). The SMILES string of the molecule is O=C(c1n[nH]c2c1COCC2)N(CCO)Cc1ccccc1. The second kappa shape index (κ2) is 6.72. The van der Waals surface area contributed by atoms with Crippen molar-refractivity contribution in [3.8, 4) is 0 Å². The lowest BCUT2D eigenvalue weighted by Crippen LogP contribution is -2.34. The number of carbonyl (C=O) groups excluding carboxylic acids is 1. The summed E-state index contributed by atoms with van der Waals surface area (Å²) in [7, 11) is 0. The summed E-state index contributed by atoms with van der Waals surface area (Å²) in [6.45, 7) is 1.69. The number of ether oxygens (including phenoxy) is 1. The van der Waals surface area contributed by atoms with Crippen LogP contribution < -0.4 is 0 Å². The number of hydrogen-bond donors (Lipinski definition) is 2. The molecule has 6 nitrogen and oxygen atoms in total. The molecule has 0 bridgehead atoms. The van der Waals surface area contributed by atoms with Crippen LogP contribution in [0.2, 0.25) is 0 Å². The number of carbonyl (C=O) groups is 1. The van der Waals surface area contributed by atoms with E-state index in [1.165, 1.54) is 0 Å². The Morgan fingerprint density at radius 3 is 2.95 bits per heavy atom. The minimum absolute atomic E-state index is 0.0817. The summed E-state index contributed by atoms with van der Waals surface area (Å²) in [6.07, 6.45) is 0.744. The molecule has 3 rings (SSSR count). The molecule has 116 valence electrons. The number of H-pyrrole nitrogens is 1. The lowest BCUT2D eigenvalue weighted by atomic mass is 10.1. The largest absolute Gasteiger partial charge is 0.395 e. The Bertz CT molecular complexity index is 639. The highest BCUT2D eigenvalue weighted by molar-refractivity contribution is 5.94. The molecule has 22 heavy (non-hydrogen) atoms. The molecule has 0 radical (unpaired) electrons. The van der Waals surface area contributed by atoms with E-state index >= 15 is 0 Å². The highest BCUT2D eigenvalue weighted by Crippen LogP contribution is 2.20. The minimum atomic E-state index is -0.180. The number of aliphatic hydroxyl groups is 1. The Kier molecular flexibility index (Phi) is 4.50. The normalized spacial score (nSPS) is 13.7. The van der Waals surface area contributed by atoms with Crippen LogP contribution in [0.1, 0.15) is 27.3 Å². The van der Waals surface area contributed by atoms with Crippen molar-refractivity contribution in [3.05, 3.63) is 52.8 Å². The number of amides is 1. The van der Waals surface area contributed by atoms with Crippen LogP contribution in [-0.2, 0) is 24.3 Å². The quantitative estimate of drug-likeness (QED) is 0.867. The Labute approximate surface area is 128 Å². The third kappa shape index (κ3) is 3.03. The molecule has 2 N–H and O–H groups in total. The number of benzene rings is 1. The molecule has 1 aliphatic rings. The first-order valence-corrected chi connectivity index (χ1v) is 7.37. The van der Waals surface area contributed by atoms with E-state index in [2.05, 4.69) is 10.2 Å². The topological polar surface area (TPSA) is 78.5 Å². The van der Waals surface area contributed by atoms with E-state index in [-0.39, 0.29) is 19.1 Å². The fourth-order valence-electron chi connectivity index (χ4n) is 2.62. The van der Waals surface area contributed by atoms with Gasteiger partial charge in [-0.3, -0.25) is 9.89 Å². The van der Waals surface area contributed by atoms with E-state index in [9.17, 15) is 9.90 Å². The van der Waals surface area contributed by atoms with Crippen molar-refractivity contribution in [3.63, 3.8) is 0 Å². The van der Waals surface area contributed by atoms with E-state index in [4.69, 9.17) is 4.74 Å². The first-order valence-electron chi connectivity index (χ1n) is 7.37. The number of nitrogens with zero attached hydrogens (tertiary/aromatic N) is 2. The van der Waals surface area contributed by atoms with Gasteiger partial charge in [0.1, 0.15) is 0 Å². The third-order valence-electron chi connectivity index (χ3n) is 3.77. The van der Waals surface area contributed by atoms with Gasteiger partial charge in [-0.15, -0.1) is 0 Å². The molecule has 0 fully saturated rings. The fourth-order valence-corrected chi connectivity index (χ4v) is 2.62. The van der Waals surface area contributed by atoms with Gasteiger partial charge in [0, 0.05) is 30.8 Å². The van der Waals surface area contributed by atoms with Gasteiger partial charge in [-0.2, -0.15) is 5.10 Å². The van der Waals surface area contributed by atoms with Crippen LogP contribution in [0.15, 0.2) is 30.3 Å². The summed E-state index contributed by atoms with van der Waals surface area (Å²) in [5, 5.41) is 16.3. The number of fused-ring (bicyclic) bond motifs is 1. The Hall–Kier alpha value is -2.18. The number of aliphatic hydroxyl groups excluding tert-OH is 1. The molecule has 1 amide bonds. The second-order valence-electron chi connectivity index (χ2n) is 5.27. The highest BCUT2D eigenvalue weighted by atomic mass is 16.5. The molecule has 0 saturated carbocycles. The number of hydrogen-bond acceptors (Lipinski definition) is 4. The molecular weight excluding hydrogens is 282 g/mol. The van der Waals surface area contributed by atoms with E-state index in [1.54, 1.807) is 4.90 Å². The summed E-state index contributed by atoms with van der Waals surface area (Å²) < 4.78 is 5.42. The molecule has 0 saturated heterocycles. The van der Waals surface area contributed by atoms with Crippen molar-refractivity contribution in [2.24, 2.45) is 0 Å². The van der Waals surface area contributed by atoms with Crippen molar-refractivity contribution < 1.29 is 14.6 Å². The second-order valence-corrected chi connectivity index (χ2v) is 5.27. The van der Waals surface area contributed by atoms with Crippen molar-refractivity contribution in [1.82, 2.24) is 15.1 Å². The lowest BCUT2D eigenvalue weighted by Gasteiger charge is -2.22. The zero-order valence-electron chi connectivity index (χ0n) is 12.3. The van der Waals surface area contributed by atoms with Gasteiger partial charge in [-0.05, 0) is 5.56 Å². The molecule has 0 unspecified atom stereocenters. The zero-order chi connectivity index (χ0) is 15.4. The number of aromatic nitrogens is 2. The number of rotatable bonds is 5. The summed E-state index contributed by atoms with van der Waals surface area (Å²) in [4.78, 5) is 14.4. The van der Waals surface area contributed by atoms with Gasteiger partial charge in [0.2, 0.25) is 0 Å². The molecule has 6 heteroatoms. The van der Waals surface area contributed by atoms with Gasteiger partial charge in [0.25, 0.3) is 5.91 Å². The molecule has 0 spiro atoms. The first kappa shape index (κ1) is 14.7. The van der Waals surface area contributed by atoms with Crippen LogP contribution in [-0.4, -0.2) is 45.9 Å². The summed E-state index contributed by atoms with van der Waals surface area (Å²) >= 11 is 0. The Morgan fingerprint density at radius 2 is 2.18 bits per heavy atom. The van der Waals surface area contributed by atoms with E-state index in [0.717, 1.165) is 23.2 Å². The highest BCUT2D eigenvalue weighted by Gasteiger charge is 2.25. The van der Waals surface area contributed by atoms with Crippen molar-refractivity contribution in [1.29, 1.82) is 0 Å². The van der Waals surface area contributed by atoms with Gasteiger partial charge in [0.15, 0.2) is 5.69 Å². The Morgan fingerprint density at radius 1 is 1.36 bits per heavy atom. The lowest BCUT2D eigenvalue weighted by molar-refractivity contribution is 0.0690. The molecule has 2 heterocycles. The van der Waals surface area contributed by atoms with E-state index in [1.807, 2.05) is 30.3 Å². The van der Waals surface area contributed by atoms with Gasteiger partial charge in [-0.25, -0.2) is 0 Å². The van der Waals surface area contributed by atoms with E-state index in [0.29, 0.717) is 25.5 Å². The van der Waals surface area contributed by atoms with E-state index < -0.39 is 0 Å². The van der Waals surface area contributed by atoms with Crippen LogP contribution >= 0.6 is 0 Å². The maximum absolute atomic E-state index is 12.7. The van der Waals surface area contributed by atoms with Gasteiger partial charge < -0.3 is 14.7 Å². The summed E-state index contributed by atoms with van der Waals surface area (Å²) in [5.74, 6) is -0.180. The zero-order valence-corrected chi connectivity index (χ0v) is 12.3. The third-order valence-corrected chi connectivity index (χ3v) is 3.77. The summed E-state index contributed by atoms with van der Waals surface area (Å²) in [5.41, 5.74) is 3.23. The predicted molar refractivity (Wildman–Crippen MR) is 80.2 cm³/mol. The van der Waals surface area contributed by atoms with Crippen LogP contribution in [0.5, 0.6) is 0 Å². The molecule has 0 aliphatic carbocycles. The first-order chi connectivity index (χ1) is 10.8. The smallest absolute Gasteiger partial charge is 0.275 e. The molecule has 1 aromatic heterocycles. The molecule has 1 aliphatic heterocycles. The Balaban J connectivity index is 1.82. The minimum Gasteiger partial charge on any atom is -0.395 e. The fraction of sp³-hybridized carbons (Fsp3) is 0.375. The molecule has 1 aromatic carbocycles. The van der Waals surface area contributed by atoms with Crippen LogP contribution in [0.25, 0.3) is 0 Å². The molecule has 0 atom stereocenters. The average molecular weight is 301 g/mol. The monoisotopic (exact) mass is 301 g/mol. The predicted octanol–water partition coefficient (Wildman–Crippen LogP) is 1.12. The number of aromatic amines is 1. The molecular formula is C16H19N3O3. The van der Waals surface area contributed by atoms with Gasteiger partial charge >= 0.3 is 0 Å². The maximum atomic E-state index is 12.7. The molecule has 2 aromatic rings. The van der Waals surface area contributed by atoms with Crippen molar-refractivity contribution in [2.75, 3.05) is 19.8 Å². The van der Waals surface area contributed by atoms with Crippen LogP contribution in [0, 0.1) is 0 Å². The maximum Gasteiger partial charge on any atom is 0.275 e. The van der Waals surface area contributed by atoms with Crippen LogP contribution in [0.3, 0.4) is 0 Å². The number of nitrogens with one attached hydrogen (secondary N) is 1. The van der Waals surface area contributed by atoms with Crippen molar-refractivity contribution in [2.45, 2.75) is 19.6 Å². The van der Waals surface area contributed by atoms with Gasteiger partial charge in [0.05, 0.1) is 19.8 Å². The van der Waals surface area contributed by atoms with Gasteiger partial charge in [-0.1, -0.05) is 30.3 Å². The van der Waals surface area contributed by atoms with Crippen molar-refractivity contribution >= 4 is 5.91 Å². The average Bonchev–Trinajstić information content (AvgIpc) is 2.99. The summed E-state index contributed by atoms with van der Waals surface area (Å²) in [6, 6.07) is 9.72. The van der Waals surface area contributed by atoms with Crippen LogP contribution in [0.4, 0.5) is 0 Å².